The highest BCUT2D eigenvalue weighted by Crippen LogP contribution is 2.46. The van der Waals surface area contributed by atoms with Crippen LogP contribution in [-0.2, 0) is 19.1 Å². The van der Waals surface area contributed by atoms with E-state index in [9.17, 15) is 14.4 Å². The Labute approximate surface area is 255 Å². The SMILES string of the molecule is CC1(C)CC(N)CC(C)(CNC(=O)C(C)(C)OCCCCC(C)(C)OC(=O)NCC2(C)CC(NC=O)CC(C)(C)C2)C1. The summed E-state index contributed by atoms with van der Waals surface area (Å²) in [5.41, 5.74) is 4.86. The van der Waals surface area contributed by atoms with Crippen LogP contribution in [0.4, 0.5) is 4.79 Å². The molecule has 0 heterocycles. The quantitative estimate of drug-likeness (QED) is 0.156. The molecule has 3 amide bonds. The summed E-state index contributed by atoms with van der Waals surface area (Å²) in [4.78, 5) is 36.7. The second-order valence-electron chi connectivity index (χ2n) is 16.9. The van der Waals surface area contributed by atoms with Gasteiger partial charge in [-0.15, -0.1) is 0 Å². The number of alkyl carbamates (subject to hydrolysis) is 1. The monoisotopic (exact) mass is 594 g/mol. The minimum absolute atomic E-state index is 0.0223. The number of carbonyl (C=O) groups excluding carboxylic acids is 3. The van der Waals surface area contributed by atoms with E-state index in [1.54, 1.807) is 0 Å². The first-order chi connectivity index (χ1) is 19.1. The number of unbranched alkanes of at least 4 members (excludes halogenated alkanes) is 1. The van der Waals surface area contributed by atoms with Gasteiger partial charge < -0.3 is 31.2 Å². The highest BCUT2D eigenvalue weighted by atomic mass is 16.6. The molecule has 0 saturated heterocycles. The summed E-state index contributed by atoms with van der Waals surface area (Å²) in [5, 5.41) is 9.04. The van der Waals surface area contributed by atoms with E-state index in [1.165, 1.54) is 0 Å². The summed E-state index contributed by atoms with van der Waals surface area (Å²) < 4.78 is 11.8. The number of amides is 3. The molecule has 0 spiro atoms. The standard InChI is InChI=1S/C33H62N4O5/c1-28(2)15-24(34)16-32(9,19-28)21-35-26(39)31(7,8)41-14-12-11-13-30(5,6)42-27(40)36-22-33(10)18-25(37-23-38)17-29(3,4)20-33/h23-25H,11-22,34H2,1-10H3,(H,35,39)(H,36,40)(H,37,38). The maximum absolute atomic E-state index is 13.0. The average Bonchev–Trinajstić information content (AvgIpc) is 2.78. The molecular formula is C33H62N4O5. The molecular weight excluding hydrogens is 532 g/mol. The number of nitrogens with one attached hydrogen (secondary N) is 3. The molecule has 0 aromatic heterocycles. The third kappa shape index (κ3) is 12.0. The number of hydrogen-bond acceptors (Lipinski definition) is 6. The zero-order valence-corrected chi connectivity index (χ0v) is 28.3. The van der Waals surface area contributed by atoms with Crippen LogP contribution >= 0.6 is 0 Å². The first-order valence-corrected chi connectivity index (χ1v) is 15.9. The Hall–Kier alpha value is -1.87. The average molecular weight is 595 g/mol. The van der Waals surface area contributed by atoms with Crippen molar-refractivity contribution in [2.24, 2.45) is 27.4 Å². The summed E-state index contributed by atoms with van der Waals surface area (Å²) >= 11 is 0. The van der Waals surface area contributed by atoms with Crippen LogP contribution in [0.25, 0.3) is 0 Å². The van der Waals surface area contributed by atoms with Crippen LogP contribution in [0.5, 0.6) is 0 Å². The van der Waals surface area contributed by atoms with E-state index in [0.29, 0.717) is 26.1 Å². The van der Waals surface area contributed by atoms with Gasteiger partial charge in [-0.1, -0.05) is 41.5 Å². The van der Waals surface area contributed by atoms with Crippen LogP contribution in [0, 0.1) is 21.7 Å². The van der Waals surface area contributed by atoms with E-state index in [1.807, 2.05) is 27.7 Å². The summed E-state index contributed by atoms with van der Waals surface area (Å²) in [5.74, 6) is -0.107. The van der Waals surface area contributed by atoms with Crippen molar-refractivity contribution in [1.82, 2.24) is 16.0 Å². The predicted octanol–water partition coefficient (Wildman–Crippen LogP) is 5.45. The Morgan fingerprint density at radius 2 is 1.43 bits per heavy atom. The predicted molar refractivity (Wildman–Crippen MR) is 168 cm³/mol. The lowest BCUT2D eigenvalue weighted by molar-refractivity contribution is -0.143. The molecule has 4 atom stereocenters. The molecule has 0 radical (unpaired) electrons. The number of ether oxygens (including phenoxy) is 2. The fraction of sp³-hybridized carbons (Fsp3) is 0.909. The van der Waals surface area contributed by atoms with Crippen LogP contribution in [0.15, 0.2) is 0 Å². The van der Waals surface area contributed by atoms with Crippen molar-refractivity contribution in [2.45, 2.75) is 150 Å². The van der Waals surface area contributed by atoms with Gasteiger partial charge in [-0.25, -0.2) is 4.79 Å². The summed E-state index contributed by atoms with van der Waals surface area (Å²) in [6, 6.07) is 0.265. The highest BCUT2D eigenvalue weighted by molar-refractivity contribution is 5.84. The van der Waals surface area contributed by atoms with Gasteiger partial charge in [0, 0.05) is 31.8 Å². The van der Waals surface area contributed by atoms with Gasteiger partial charge in [-0.05, 0) is 107 Å². The molecule has 2 saturated carbocycles. The number of rotatable bonds is 14. The number of nitrogens with two attached hydrogens (primary N) is 1. The molecule has 0 bridgehead atoms. The Morgan fingerprint density at radius 1 is 0.857 bits per heavy atom. The maximum atomic E-state index is 13.0. The summed E-state index contributed by atoms with van der Waals surface area (Å²) in [6.45, 7) is 22.3. The topological polar surface area (TPSA) is 132 Å². The molecule has 0 aromatic rings. The minimum atomic E-state index is -0.932. The van der Waals surface area contributed by atoms with Gasteiger partial charge in [0.2, 0.25) is 6.41 Å². The van der Waals surface area contributed by atoms with Gasteiger partial charge in [-0.2, -0.15) is 0 Å². The number of hydrogen-bond donors (Lipinski definition) is 4. The lowest BCUT2D eigenvalue weighted by Gasteiger charge is -2.46. The molecule has 2 fully saturated rings. The highest BCUT2D eigenvalue weighted by Gasteiger charge is 2.42. The summed E-state index contributed by atoms with van der Waals surface area (Å²) in [7, 11) is 0. The van der Waals surface area contributed by atoms with Crippen LogP contribution < -0.4 is 21.7 Å². The van der Waals surface area contributed by atoms with Crippen molar-refractivity contribution in [2.75, 3.05) is 19.7 Å². The van der Waals surface area contributed by atoms with Crippen molar-refractivity contribution >= 4 is 18.4 Å². The molecule has 2 aliphatic rings. The normalized spacial score (nSPS) is 29.3. The second-order valence-corrected chi connectivity index (χ2v) is 16.9. The molecule has 4 unspecified atom stereocenters. The molecule has 42 heavy (non-hydrogen) atoms. The number of carbonyl (C=O) groups is 3. The van der Waals surface area contributed by atoms with Crippen molar-refractivity contribution in [3.05, 3.63) is 0 Å². The van der Waals surface area contributed by atoms with Crippen LogP contribution in [0.2, 0.25) is 0 Å². The summed E-state index contributed by atoms with van der Waals surface area (Å²) in [6.07, 6.45) is 8.24. The van der Waals surface area contributed by atoms with E-state index >= 15 is 0 Å². The molecule has 244 valence electrons. The first-order valence-electron chi connectivity index (χ1n) is 15.9. The van der Waals surface area contributed by atoms with Gasteiger partial charge >= 0.3 is 6.09 Å². The molecule has 9 heteroatoms. The van der Waals surface area contributed by atoms with E-state index in [0.717, 1.165) is 57.8 Å². The molecule has 5 N–H and O–H groups in total. The third-order valence-corrected chi connectivity index (χ3v) is 9.11. The van der Waals surface area contributed by atoms with E-state index in [4.69, 9.17) is 15.2 Å². The minimum Gasteiger partial charge on any atom is -0.444 e. The third-order valence-electron chi connectivity index (χ3n) is 9.11. The van der Waals surface area contributed by atoms with Gasteiger partial charge in [-0.3, -0.25) is 9.59 Å². The fourth-order valence-corrected chi connectivity index (χ4v) is 8.01. The Bertz CT molecular complexity index is 933. The Balaban J connectivity index is 1.71. The molecule has 0 aliphatic heterocycles. The Kier molecular flexibility index (Phi) is 12.0. The van der Waals surface area contributed by atoms with Crippen LogP contribution in [0.1, 0.15) is 127 Å². The van der Waals surface area contributed by atoms with E-state index < -0.39 is 17.3 Å². The molecule has 0 aromatic carbocycles. The smallest absolute Gasteiger partial charge is 0.407 e. The Morgan fingerprint density at radius 3 is 2.02 bits per heavy atom. The van der Waals surface area contributed by atoms with E-state index in [2.05, 4.69) is 57.5 Å². The zero-order chi connectivity index (χ0) is 32.0. The van der Waals surface area contributed by atoms with Gasteiger partial charge in [0.1, 0.15) is 11.2 Å². The molecule has 2 aliphatic carbocycles. The fourth-order valence-electron chi connectivity index (χ4n) is 8.01. The van der Waals surface area contributed by atoms with Crippen molar-refractivity contribution < 1.29 is 23.9 Å². The van der Waals surface area contributed by atoms with Gasteiger partial charge in [0.15, 0.2) is 0 Å². The maximum Gasteiger partial charge on any atom is 0.407 e. The molecule has 9 nitrogen and oxygen atoms in total. The lowest BCUT2D eigenvalue weighted by Crippen LogP contribution is -2.51. The van der Waals surface area contributed by atoms with Gasteiger partial charge in [0.25, 0.3) is 5.91 Å². The van der Waals surface area contributed by atoms with Crippen molar-refractivity contribution in [3.8, 4) is 0 Å². The van der Waals surface area contributed by atoms with Gasteiger partial charge in [0.05, 0.1) is 0 Å². The second kappa shape index (κ2) is 13.8. The lowest BCUT2D eigenvalue weighted by atomic mass is 9.62. The zero-order valence-electron chi connectivity index (χ0n) is 28.3. The van der Waals surface area contributed by atoms with Crippen molar-refractivity contribution in [3.63, 3.8) is 0 Å². The van der Waals surface area contributed by atoms with E-state index in [-0.39, 0.29) is 39.7 Å². The van der Waals surface area contributed by atoms with Crippen molar-refractivity contribution in [1.29, 1.82) is 0 Å². The molecule has 2 rings (SSSR count). The van der Waals surface area contributed by atoms with Crippen LogP contribution in [0.3, 0.4) is 0 Å². The first kappa shape index (κ1) is 36.3. The van der Waals surface area contributed by atoms with Crippen LogP contribution in [-0.4, -0.2) is 61.4 Å². The largest absolute Gasteiger partial charge is 0.444 e.